The number of halogens is 2. The van der Waals surface area contributed by atoms with E-state index < -0.39 is 0 Å². The lowest BCUT2D eigenvalue weighted by atomic mass is 10.0. The van der Waals surface area contributed by atoms with Crippen molar-refractivity contribution in [2.45, 2.75) is 26.7 Å². The second kappa shape index (κ2) is 6.82. The maximum absolute atomic E-state index is 12.0. The summed E-state index contributed by atoms with van der Waals surface area (Å²) in [6.45, 7) is 6.05. The lowest BCUT2D eigenvalue weighted by Gasteiger charge is -2.14. The Morgan fingerprint density at radius 1 is 1.29 bits per heavy atom. The summed E-state index contributed by atoms with van der Waals surface area (Å²) in [5.41, 5.74) is 1.94. The maximum Gasteiger partial charge on any atom is 0.210 e. The molecule has 0 unspecified atom stereocenters. The Balaban J connectivity index is 2.13. The average molecular weight is 343 g/mol. The third-order valence-electron chi connectivity index (χ3n) is 3.12. The number of ether oxygens (including phenoxy) is 1. The molecule has 0 radical (unpaired) electrons. The van der Waals surface area contributed by atoms with Crippen LogP contribution in [0.1, 0.15) is 40.6 Å². The number of carbonyl (C=O) groups excluding carboxylic acids is 1. The van der Waals surface area contributed by atoms with Crippen molar-refractivity contribution in [3.05, 3.63) is 49.6 Å². The Morgan fingerprint density at radius 2 is 2.00 bits per heavy atom. The lowest BCUT2D eigenvalue weighted by Crippen LogP contribution is -2.11. The Hall–Kier alpha value is -1.03. The topological polar surface area (TPSA) is 26.3 Å². The molecular weight excluding hydrogens is 327 g/mol. The van der Waals surface area contributed by atoms with Gasteiger partial charge < -0.3 is 4.74 Å². The second-order valence-corrected chi connectivity index (χ2v) is 7.23. The first-order valence-corrected chi connectivity index (χ1v) is 8.17. The monoisotopic (exact) mass is 342 g/mol. The molecule has 0 bridgehead atoms. The van der Waals surface area contributed by atoms with E-state index in [2.05, 4.69) is 13.8 Å². The molecular formula is C16H16Cl2O2S. The molecule has 0 aliphatic carbocycles. The molecule has 0 aliphatic rings. The van der Waals surface area contributed by atoms with Gasteiger partial charge in [-0.25, -0.2) is 0 Å². The van der Waals surface area contributed by atoms with E-state index in [0.29, 0.717) is 20.9 Å². The van der Waals surface area contributed by atoms with E-state index in [9.17, 15) is 4.79 Å². The molecule has 2 aromatic rings. The van der Waals surface area contributed by atoms with Crippen molar-refractivity contribution in [1.29, 1.82) is 0 Å². The summed E-state index contributed by atoms with van der Waals surface area (Å²) in [6.07, 6.45) is 0. The first-order chi connectivity index (χ1) is 9.88. The van der Waals surface area contributed by atoms with Crippen LogP contribution in [0.2, 0.25) is 9.36 Å². The first-order valence-electron chi connectivity index (χ1n) is 6.60. The van der Waals surface area contributed by atoms with Gasteiger partial charge >= 0.3 is 0 Å². The molecule has 112 valence electrons. The van der Waals surface area contributed by atoms with Crippen LogP contribution in [0.25, 0.3) is 0 Å². The molecule has 1 aromatic carbocycles. The quantitative estimate of drug-likeness (QED) is 0.646. The van der Waals surface area contributed by atoms with Gasteiger partial charge in [0, 0.05) is 5.02 Å². The summed E-state index contributed by atoms with van der Waals surface area (Å²) in [4.78, 5) is 12.6. The van der Waals surface area contributed by atoms with E-state index >= 15 is 0 Å². The van der Waals surface area contributed by atoms with Crippen LogP contribution in [0.3, 0.4) is 0 Å². The minimum atomic E-state index is -0.0765. The molecule has 0 fully saturated rings. The van der Waals surface area contributed by atoms with Gasteiger partial charge in [0.15, 0.2) is 6.61 Å². The highest BCUT2D eigenvalue weighted by molar-refractivity contribution is 7.18. The number of ketones is 1. The highest BCUT2D eigenvalue weighted by Gasteiger charge is 2.13. The highest BCUT2D eigenvalue weighted by atomic mass is 35.5. The fourth-order valence-electron chi connectivity index (χ4n) is 1.95. The predicted octanol–water partition coefficient (Wildman–Crippen LogP) is 5.75. The van der Waals surface area contributed by atoms with E-state index in [-0.39, 0.29) is 12.4 Å². The number of hydrogen-bond acceptors (Lipinski definition) is 3. The zero-order valence-corrected chi connectivity index (χ0v) is 14.4. The molecule has 2 nitrogen and oxygen atoms in total. The minimum Gasteiger partial charge on any atom is -0.485 e. The fraction of sp³-hybridized carbons (Fsp3) is 0.312. The van der Waals surface area contributed by atoms with Crippen LogP contribution in [-0.4, -0.2) is 12.4 Å². The number of carbonyl (C=O) groups is 1. The molecule has 0 atom stereocenters. The van der Waals surface area contributed by atoms with Crippen LogP contribution < -0.4 is 4.74 Å². The Kier molecular flexibility index (Phi) is 5.31. The normalized spacial score (nSPS) is 11.0. The summed E-state index contributed by atoms with van der Waals surface area (Å²) >= 11 is 13.3. The van der Waals surface area contributed by atoms with Crippen LogP contribution in [0.15, 0.2) is 24.3 Å². The SMILES string of the molecule is Cc1cc(Cl)c(C(C)C)cc1OCC(=O)c1ccc(Cl)s1. The van der Waals surface area contributed by atoms with Crippen LogP contribution >= 0.6 is 34.5 Å². The van der Waals surface area contributed by atoms with Gasteiger partial charge in [-0.1, -0.05) is 37.0 Å². The van der Waals surface area contributed by atoms with Crippen LogP contribution in [0, 0.1) is 6.92 Å². The van der Waals surface area contributed by atoms with Crippen molar-refractivity contribution in [2.75, 3.05) is 6.61 Å². The molecule has 0 aliphatic heterocycles. The van der Waals surface area contributed by atoms with Crippen molar-refractivity contribution in [2.24, 2.45) is 0 Å². The molecule has 0 spiro atoms. The van der Waals surface area contributed by atoms with Gasteiger partial charge in [-0.15, -0.1) is 11.3 Å². The molecule has 0 amide bonds. The Morgan fingerprint density at radius 3 is 2.57 bits per heavy atom. The van der Waals surface area contributed by atoms with E-state index in [1.54, 1.807) is 12.1 Å². The van der Waals surface area contributed by atoms with Gasteiger partial charge in [0.2, 0.25) is 5.78 Å². The van der Waals surface area contributed by atoms with E-state index in [4.69, 9.17) is 27.9 Å². The molecule has 0 saturated carbocycles. The Bertz CT molecular complexity index is 662. The van der Waals surface area contributed by atoms with E-state index in [0.717, 1.165) is 16.1 Å². The first kappa shape index (κ1) is 16.3. The summed E-state index contributed by atoms with van der Waals surface area (Å²) < 4.78 is 6.26. The molecule has 1 heterocycles. The fourth-order valence-corrected chi connectivity index (χ4v) is 3.35. The standard InChI is InChI=1S/C16H16Cl2O2S/c1-9(2)11-7-14(10(3)6-12(11)17)20-8-13(19)15-4-5-16(18)21-15/h4-7,9H,8H2,1-3H3. The summed E-state index contributed by atoms with van der Waals surface area (Å²) in [6, 6.07) is 7.21. The van der Waals surface area contributed by atoms with E-state index in [1.165, 1.54) is 11.3 Å². The average Bonchev–Trinajstić information content (AvgIpc) is 2.83. The molecule has 5 heteroatoms. The van der Waals surface area contributed by atoms with Crippen molar-refractivity contribution < 1.29 is 9.53 Å². The molecule has 0 N–H and O–H groups in total. The van der Waals surface area contributed by atoms with Crippen molar-refractivity contribution in [1.82, 2.24) is 0 Å². The van der Waals surface area contributed by atoms with Crippen LogP contribution in [-0.2, 0) is 0 Å². The molecule has 21 heavy (non-hydrogen) atoms. The molecule has 2 rings (SSSR count). The van der Waals surface area contributed by atoms with Gasteiger partial charge in [0.1, 0.15) is 5.75 Å². The van der Waals surface area contributed by atoms with Gasteiger partial charge in [0.05, 0.1) is 9.21 Å². The van der Waals surface area contributed by atoms with E-state index in [1.807, 2.05) is 19.1 Å². The number of hydrogen-bond donors (Lipinski definition) is 0. The zero-order chi connectivity index (χ0) is 15.6. The van der Waals surface area contributed by atoms with Gasteiger partial charge in [0.25, 0.3) is 0 Å². The highest BCUT2D eigenvalue weighted by Crippen LogP contribution is 2.31. The van der Waals surface area contributed by atoms with Crippen molar-refractivity contribution >= 4 is 40.3 Å². The second-order valence-electron chi connectivity index (χ2n) is 5.11. The summed E-state index contributed by atoms with van der Waals surface area (Å²) in [5.74, 6) is 0.915. The predicted molar refractivity (Wildman–Crippen MR) is 89.4 cm³/mol. The number of benzene rings is 1. The maximum atomic E-state index is 12.0. The van der Waals surface area contributed by atoms with Crippen LogP contribution in [0.4, 0.5) is 0 Å². The lowest BCUT2D eigenvalue weighted by molar-refractivity contribution is 0.0925. The molecule has 1 aromatic heterocycles. The summed E-state index contributed by atoms with van der Waals surface area (Å²) in [5, 5.41) is 0.728. The van der Waals surface area contributed by atoms with Crippen LogP contribution in [0.5, 0.6) is 5.75 Å². The number of thiophene rings is 1. The summed E-state index contributed by atoms with van der Waals surface area (Å²) in [7, 11) is 0. The van der Waals surface area contributed by atoms with Gasteiger partial charge in [-0.3, -0.25) is 4.79 Å². The third kappa shape index (κ3) is 4.00. The number of rotatable bonds is 5. The van der Waals surface area contributed by atoms with Crippen molar-refractivity contribution in [3.63, 3.8) is 0 Å². The van der Waals surface area contributed by atoms with Gasteiger partial charge in [-0.2, -0.15) is 0 Å². The number of Topliss-reactive ketones (excluding diaryl/α,β-unsaturated/α-hetero) is 1. The minimum absolute atomic E-state index is 0.00313. The molecule has 0 saturated heterocycles. The number of aryl methyl sites for hydroxylation is 1. The van der Waals surface area contributed by atoms with Gasteiger partial charge in [-0.05, 0) is 48.2 Å². The largest absolute Gasteiger partial charge is 0.485 e. The third-order valence-corrected chi connectivity index (χ3v) is 4.72. The smallest absolute Gasteiger partial charge is 0.210 e. The Labute approximate surface area is 138 Å². The van der Waals surface area contributed by atoms with Crippen molar-refractivity contribution in [3.8, 4) is 5.75 Å². The zero-order valence-electron chi connectivity index (χ0n) is 12.1.